The van der Waals surface area contributed by atoms with E-state index in [0.717, 1.165) is 48.0 Å². The summed E-state index contributed by atoms with van der Waals surface area (Å²) in [5.74, 6) is 1.76. The summed E-state index contributed by atoms with van der Waals surface area (Å²) in [7, 11) is 0. The third kappa shape index (κ3) is 5.07. The van der Waals surface area contributed by atoms with Gasteiger partial charge in [0, 0.05) is 17.3 Å². The van der Waals surface area contributed by atoms with Crippen LogP contribution in [-0.2, 0) is 17.6 Å². The number of aryl methyl sites for hydroxylation is 2. The molecule has 4 rings (SSSR count). The van der Waals surface area contributed by atoms with E-state index in [1.807, 2.05) is 18.2 Å². The predicted octanol–water partition coefficient (Wildman–Crippen LogP) is 6.17. The number of thioether (sulfide) groups is 1. The van der Waals surface area contributed by atoms with Crippen LogP contribution in [0.2, 0.25) is 0 Å². The second kappa shape index (κ2) is 10.8. The number of nitrogens with one attached hydrogen (secondary N) is 1. The van der Waals surface area contributed by atoms with Crippen molar-refractivity contribution < 1.29 is 4.79 Å². The Balaban J connectivity index is 1.54. The van der Waals surface area contributed by atoms with Gasteiger partial charge in [-0.25, -0.2) is 0 Å². The summed E-state index contributed by atoms with van der Waals surface area (Å²) in [5, 5.41) is 13.1. The van der Waals surface area contributed by atoms with Crippen molar-refractivity contribution in [3.63, 3.8) is 0 Å². The Kier molecular flexibility index (Phi) is 7.63. The van der Waals surface area contributed by atoms with Crippen molar-refractivity contribution >= 4 is 23.4 Å². The summed E-state index contributed by atoms with van der Waals surface area (Å²) in [6, 6.07) is 16.5. The summed E-state index contributed by atoms with van der Waals surface area (Å²) in [6.45, 7) is 4.24. The Morgan fingerprint density at radius 2 is 1.66 bits per heavy atom. The van der Waals surface area contributed by atoms with Crippen LogP contribution < -0.4 is 5.32 Å². The van der Waals surface area contributed by atoms with Crippen LogP contribution in [0.1, 0.15) is 68.8 Å². The molecule has 0 unspecified atom stereocenters. The van der Waals surface area contributed by atoms with Crippen molar-refractivity contribution in [1.82, 2.24) is 14.8 Å². The van der Waals surface area contributed by atoms with Gasteiger partial charge in [-0.05, 0) is 48.9 Å². The van der Waals surface area contributed by atoms with Crippen LogP contribution in [0, 0.1) is 0 Å². The van der Waals surface area contributed by atoms with E-state index in [4.69, 9.17) is 0 Å². The average Bonchev–Trinajstić information content (AvgIpc) is 3.28. The molecule has 1 aliphatic carbocycles. The van der Waals surface area contributed by atoms with Crippen molar-refractivity contribution in [2.24, 2.45) is 0 Å². The van der Waals surface area contributed by atoms with Gasteiger partial charge in [0.05, 0.1) is 5.75 Å². The van der Waals surface area contributed by atoms with Crippen molar-refractivity contribution in [3.8, 4) is 5.69 Å². The highest BCUT2D eigenvalue weighted by molar-refractivity contribution is 7.99. The highest BCUT2D eigenvalue weighted by atomic mass is 32.2. The Morgan fingerprint density at radius 3 is 2.31 bits per heavy atom. The lowest BCUT2D eigenvalue weighted by atomic mass is 9.88. The van der Waals surface area contributed by atoms with Gasteiger partial charge in [0.1, 0.15) is 5.82 Å². The van der Waals surface area contributed by atoms with Gasteiger partial charge in [-0.3, -0.25) is 9.36 Å². The molecule has 0 radical (unpaired) electrons. The minimum atomic E-state index is -0.00701. The predicted molar refractivity (Wildman–Crippen MR) is 132 cm³/mol. The van der Waals surface area contributed by atoms with Gasteiger partial charge in [-0.2, -0.15) is 0 Å². The van der Waals surface area contributed by atoms with Crippen molar-refractivity contribution in [1.29, 1.82) is 0 Å². The van der Waals surface area contributed by atoms with E-state index in [1.165, 1.54) is 42.2 Å². The maximum atomic E-state index is 12.9. The first-order valence-corrected chi connectivity index (χ1v) is 12.7. The van der Waals surface area contributed by atoms with Crippen molar-refractivity contribution in [2.75, 3.05) is 11.1 Å². The number of rotatable bonds is 8. The molecule has 6 heteroatoms. The zero-order valence-electron chi connectivity index (χ0n) is 19.0. The number of carbonyl (C=O) groups excluding carboxylic acids is 1. The molecule has 1 aromatic heterocycles. The Bertz CT molecular complexity index is 1020. The Labute approximate surface area is 195 Å². The van der Waals surface area contributed by atoms with Crippen LogP contribution in [0.15, 0.2) is 53.7 Å². The first-order valence-electron chi connectivity index (χ1n) is 11.7. The molecule has 0 aliphatic heterocycles. The van der Waals surface area contributed by atoms with Gasteiger partial charge < -0.3 is 5.32 Å². The maximum Gasteiger partial charge on any atom is 0.234 e. The first-order chi connectivity index (χ1) is 15.7. The van der Waals surface area contributed by atoms with Crippen molar-refractivity contribution in [2.45, 2.75) is 69.9 Å². The standard InChI is InChI=1S/C26H32N4OS/c1-3-19-14-11-15-20(4-2)24(19)27-23(31)18-32-26-29-28-25(21-12-7-5-8-13-21)30(26)22-16-9-6-10-17-22/h6,9-11,14-17,21H,3-5,7-8,12-13,18H2,1-2H3,(H,27,31). The molecule has 3 aromatic rings. The monoisotopic (exact) mass is 448 g/mol. The lowest BCUT2D eigenvalue weighted by molar-refractivity contribution is -0.113. The fraction of sp³-hybridized carbons (Fsp3) is 0.423. The topological polar surface area (TPSA) is 59.8 Å². The van der Waals surface area contributed by atoms with Crippen molar-refractivity contribution in [3.05, 3.63) is 65.5 Å². The van der Waals surface area contributed by atoms with Crippen LogP contribution in [0.25, 0.3) is 5.69 Å². The number of hydrogen-bond donors (Lipinski definition) is 1. The summed E-state index contributed by atoms with van der Waals surface area (Å²) >= 11 is 1.46. The molecule has 1 saturated carbocycles. The van der Waals surface area contributed by atoms with E-state index in [-0.39, 0.29) is 5.91 Å². The van der Waals surface area contributed by atoms with Gasteiger partial charge in [0.15, 0.2) is 5.16 Å². The Hall–Kier alpha value is -2.60. The quantitative estimate of drug-likeness (QED) is 0.419. The molecule has 1 amide bonds. The highest BCUT2D eigenvalue weighted by Crippen LogP contribution is 2.35. The van der Waals surface area contributed by atoms with E-state index in [9.17, 15) is 4.79 Å². The fourth-order valence-electron chi connectivity index (χ4n) is 4.53. The summed E-state index contributed by atoms with van der Waals surface area (Å²) in [6.07, 6.45) is 7.89. The molecule has 2 aromatic carbocycles. The second-order valence-electron chi connectivity index (χ2n) is 8.34. The molecule has 32 heavy (non-hydrogen) atoms. The lowest BCUT2D eigenvalue weighted by Crippen LogP contribution is -2.17. The number of anilines is 1. The minimum absolute atomic E-state index is 0.00701. The van der Waals surface area contributed by atoms with Gasteiger partial charge in [0.25, 0.3) is 0 Å². The number of aromatic nitrogens is 3. The molecule has 5 nitrogen and oxygen atoms in total. The number of amides is 1. The molecular formula is C26H32N4OS. The van der Waals surface area contributed by atoms with E-state index in [1.54, 1.807) is 0 Å². The first kappa shape index (κ1) is 22.6. The smallest absolute Gasteiger partial charge is 0.234 e. The van der Waals surface area contributed by atoms with Gasteiger partial charge >= 0.3 is 0 Å². The van der Waals surface area contributed by atoms with E-state index >= 15 is 0 Å². The van der Waals surface area contributed by atoms with Crippen LogP contribution in [0.4, 0.5) is 5.69 Å². The summed E-state index contributed by atoms with van der Waals surface area (Å²) in [5.41, 5.74) is 4.38. The van der Waals surface area contributed by atoms with Crippen LogP contribution in [0.5, 0.6) is 0 Å². The van der Waals surface area contributed by atoms with Crippen LogP contribution in [-0.4, -0.2) is 26.4 Å². The molecule has 1 N–H and O–H groups in total. The summed E-state index contributed by atoms with van der Waals surface area (Å²) < 4.78 is 2.16. The third-order valence-electron chi connectivity index (χ3n) is 6.24. The molecule has 0 spiro atoms. The highest BCUT2D eigenvalue weighted by Gasteiger charge is 2.24. The van der Waals surface area contributed by atoms with E-state index in [0.29, 0.717) is 11.7 Å². The number of hydrogen-bond acceptors (Lipinski definition) is 4. The minimum Gasteiger partial charge on any atom is -0.325 e. The van der Waals surface area contributed by atoms with Crippen LogP contribution in [0.3, 0.4) is 0 Å². The number of nitrogens with zero attached hydrogens (tertiary/aromatic N) is 3. The molecular weight excluding hydrogens is 416 g/mol. The zero-order chi connectivity index (χ0) is 22.3. The molecule has 168 valence electrons. The third-order valence-corrected chi connectivity index (χ3v) is 7.17. The molecule has 1 aliphatic rings. The van der Waals surface area contributed by atoms with Crippen LogP contribution >= 0.6 is 11.8 Å². The number of benzene rings is 2. The molecule has 0 saturated heterocycles. The SMILES string of the molecule is CCc1cccc(CC)c1NC(=O)CSc1nnc(C2CCCCC2)n1-c1ccccc1. The van der Waals surface area contributed by atoms with Gasteiger partial charge in [-0.1, -0.05) is 81.3 Å². The molecule has 1 fully saturated rings. The normalized spacial score (nSPS) is 14.4. The molecule has 0 atom stereocenters. The maximum absolute atomic E-state index is 12.9. The summed E-state index contributed by atoms with van der Waals surface area (Å²) in [4.78, 5) is 12.9. The van der Waals surface area contributed by atoms with Gasteiger partial charge in [0.2, 0.25) is 5.91 Å². The molecule has 1 heterocycles. The lowest BCUT2D eigenvalue weighted by Gasteiger charge is -2.22. The van der Waals surface area contributed by atoms with E-state index in [2.05, 4.69) is 64.3 Å². The van der Waals surface area contributed by atoms with Gasteiger partial charge in [-0.15, -0.1) is 10.2 Å². The average molecular weight is 449 g/mol. The molecule has 0 bridgehead atoms. The largest absolute Gasteiger partial charge is 0.325 e. The number of carbonyl (C=O) groups is 1. The fourth-order valence-corrected chi connectivity index (χ4v) is 5.29. The zero-order valence-corrected chi connectivity index (χ0v) is 19.8. The second-order valence-corrected chi connectivity index (χ2v) is 9.28. The van der Waals surface area contributed by atoms with E-state index < -0.39 is 0 Å². The Morgan fingerprint density at radius 1 is 0.969 bits per heavy atom. The number of para-hydroxylation sites is 2.